The number of nitrogens with zero attached hydrogens (tertiary/aromatic N) is 1. The largest absolute Gasteiger partial charge is 0.494 e. The molecule has 0 spiro atoms. The normalized spacial score (nSPS) is 12.8. The molecule has 96 valence electrons. The van der Waals surface area contributed by atoms with Crippen molar-refractivity contribution in [2.45, 2.75) is 26.3 Å². The quantitative estimate of drug-likeness (QED) is 0.820. The summed E-state index contributed by atoms with van der Waals surface area (Å²) < 4.78 is 5.70. The molecule has 0 saturated carbocycles. The van der Waals surface area contributed by atoms with E-state index < -0.39 is 0 Å². The fourth-order valence-electron chi connectivity index (χ4n) is 1.69. The van der Waals surface area contributed by atoms with E-state index in [-0.39, 0.29) is 6.04 Å². The maximum Gasteiger partial charge on any atom is 0.119 e. The molecular formula is C14H24N2O. The highest BCUT2D eigenvalue weighted by molar-refractivity contribution is 5.33. The molecule has 3 heteroatoms. The van der Waals surface area contributed by atoms with E-state index in [0.717, 1.165) is 18.7 Å². The molecule has 0 saturated heterocycles. The van der Waals surface area contributed by atoms with Crippen LogP contribution in [0.1, 0.15) is 17.5 Å². The van der Waals surface area contributed by atoms with Crippen molar-refractivity contribution in [3.8, 4) is 5.75 Å². The third-order valence-electron chi connectivity index (χ3n) is 2.84. The van der Waals surface area contributed by atoms with Crippen molar-refractivity contribution in [3.05, 3.63) is 29.3 Å². The van der Waals surface area contributed by atoms with Gasteiger partial charge in [0.2, 0.25) is 0 Å². The Bertz CT molecular complexity index is 350. The van der Waals surface area contributed by atoms with Gasteiger partial charge in [0.05, 0.1) is 6.61 Å². The van der Waals surface area contributed by atoms with E-state index in [1.807, 2.05) is 20.2 Å². The van der Waals surface area contributed by atoms with Crippen LogP contribution in [-0.2, 0) is 0 Å². The third kappa shape index (κ3) is 5.20. The van der Waals surface area contributed by atoms with Crippen molar-refractivity contribution in [2.75, 3.05) is 27.2 Å². The van der Waals surface area contributed by atoms with E-state index >= 15 is 0 Å². The van der Waals surface area contributed by atoms with Crippen LogP contribution in [0.5, 0.6) is 5.75 Å². The summed E-state index contributed by atoms with van der Waals surface area (Å²) in [6.45, 7) is 5.78. The van der Waals surface area contributed by atoms with Crippen LogP contribution < -0.4 is 10.5 Å². The average Bonchev–Trinajstić information content (AvgIpc) is 2.22. The van der Waals surface area contributed by atoms with E-state index in [2.05, 4.69) is 30.9 Å². The van der Waals surface area contributed by atoms with Gasteiger partial charge in [-0.3, -0.25) is 0 Å². The van der Waals surface area contributed by atoms with Gasteiger partial charge in [-0.15, -0.1) is 0 Å². The Kier molecular flexibility index (Phi) is 5.45. The van der Waals surface area contributed by atoms with Crippen molar-refractivity contribution >= 4 is 0 Å². The first kappa shape index (κ1) is 14.0. The summed E-state index contributed by atoms with van der Waals surface area (Å²) in [5.74, 6) is 0.935. The number of rotatable bonds is 6. The summed E-state index contributed by atoms with van der Waals surface area (Å²) in [4.78, 5) is 2.10. The van der Waals surface area contributed by atoms with E-state index in [4.69, 9.17) is 10.5 Å². The summed E-state index contributed by atoms with van der Waals surface area (Å²) in [7, 11) is 4.06. The minimum Gasteiger partial charge on any atom is -0.494 e. The molecule has 1 rings (SSSR count). The molecule has 1 atom stereocenters. The summed E-state index contributed by atoms with van der Waals surface area (Å²) in [5.41, 5.74) is 8.53. The van der Waals surface area contributed by atoms with Crippen molar-refractivity contribution in [2.24, 2.45) is 5.73 Å². The van der Waals surface area contributed by atoms with Gasteiger partial charge >= 0.3 is 0 Å². The van der Waals surface area contributed by atoms with Crippen LogP contribution in [0.15, 0.2) is 18.2 Å². The summed E-state index contributed by atoms with van der Waals surface area (Å²) in [6, 6.07) is 6.35. The van der Waals surface area contributed by atoms with Crippen LogP contribution in [-0.4, -0.2) is 38.2 Å². The third-order valence-corrected chi connectivity index (χ3v) is 2.84. The first-order chi connectivity index (χ1) is 7.99. The Hall–Kier alpha value is -1.06. The van der Waals surface area contributed by atoms with Gasteiger partial charge in [-0.05, 0) is 57.6 Å². The van der Waals surface area contributed by atoms with E-state index in [9.17, 15) is 0 Å². The van der Waals surface area contributed by atoms with Gasteiger partial charge in [0.15, 0.2) is 0 Å². The predicted octanol–water partition coefficient (Wildman–Crippen LogP) is 1.96. The highest BCUT2D eigenvalue weighted by atomic mass is 16.5. The number of ether oxygens (including phenoxy) is 1. The molecule has 0 aliphatic rings. The lowest BCUT2D eigenvalue weighted by Gasteiger charge is -2.17. The lowest BCUT2D eigenvalue weighted by Crippen LogP contribution is -2.34. The highest BCUT2D eigenvalue weighted by Crippen LogP contribution is 2.16. The van der Waals surface area contributed by atoms with Gasteiger partial charge in [-0.2, -0.15) is 0 Å². The zero-order valence-electron chi connectivity index (χ0n) is 11.4. The molecule has 0 aliphatic heterocycles. The van der Waals surface area contributed by atoms with Crippen molar-refractivity contribution in [1.82, 2.24) is 4.90 Å². The van der Waals surface area contributed by atoms with Crippen LogP contribution in [0.2, 0.25) is 0 Å². The molecular weight excluding hydrogens is 212 g/mol. The number of nitrogens with two attached hydrogens (primary N) is 1. The van der Waals surface area contributed by atoms with Gasteiger partial charge in [0, 0.05) is 12.6 Å². The second kappa shape index (κ2) is 6.62. The van der Waals surface area contributed by atoms with Gasteiger partial charge in [0.1, 0.15) is 5.75 Å². The monoisotopic (exact) mass is 236 g/mol. The minimum absolute atomic E-state index is 0.177. The van der Waals surface area contributed by atoms with Gasteiger partial charge in [-0.25, -0.2) is 0 Å². The Balaban J connectivity index is 2.33. The van der Waals surface area contributed by atoms with Gasteiger partial charge in [0.25, 0.3) is 0 Å². The smallest absolute Gasteiger partial charge is 0.119 e. The molecule has 0 aliphatic carbocycles. The summed E-state index contributed by atoms with van der Waals surface area (Å²) in [6.07, 6.45) is 0.880. The molecule has 0 radical (unpaired) electrons. The van der Waals surface area contributed by atoms with Gasteiger partial charge in [-0.1, -0.05) is 6.07 Å². The molecule has 0 aromatic heterocycles. The SMILES string of the molecule is Cc1ccc(OCCC(N)CN(C)C)cc1C. The summed E-state index contributed by atoms with van der Waals surface area (Å²) >= 11 is 0. The molecule has 1 aromatic rings. The zero-order valence-corrected chi connectivity index (χ0v) is 11.4. The first-order valence-electron chi connectivity index (χ1n) is 6.09. The lowest BCUT2D eigenvalue weighted by molar-refractivity contribution is 0.277. The number of aryl methyl sites for hydroxylation is 2. The molecule has 17 heavy (non-hydrogen) atoms. The van der Waals surface area contributed by atoms with Crippen molar-refractivity contribution in [1.29, 1.82) is 0 Å². The fourth-order valence-corrected chi connectivity index (χ4v) is 1.69. The lowest BCUT2D eigenvalue weighted by atomic mass is 10.1. The van der Waals surface area contributed by atoms with Crippen molar-refractivity contribution in [3.63, 3.8) is 0 Å². The van der Waals surface area contributed by atoms with Crippen LogP contribution in [0, 0.1) is 13.8 Å². The molecule has 2 N–H and O–H groups in total. The maximum absolute atomic E-state index is 5.97. The second-order valence-corrected chi connectivity index (χ2v) is 4.91. The molecule has 1 unspecified atom stereocenters. The number of benzene rings is 1. The van der Waals surface area contributed by atoms with E-state index in [1.54, 1.807) is 0 Å². The highest BCUT2D eigenvalue weighted by Gasteiger charge is 2.04. The Morgan fingerprint density at radius 3 is 2.53 bits per heavy atom. The molecule has 0 bridgehead atoms. The molecule has 0 amide bonds. The fraction of sp³-hybridized carbons (Fsp3) is 0.571. The summed E-state index contributed by atoms with van der Waals surface area (Å²) in [5, 5.41) is 0. The number of likely N-dealkylation sites (N-methyl/N-ethyl adjacent to an activating group) is 1. The van der Waals surface area contributed by atoms with E-state index in [0.29, 0.717) is 6.61 Å². The van der Waals surface area contributed by atoms with Crippen LogP contribution in [0.3, 0.4) is 0 Å². The topological polar surface area (TPSA) is 38.5 Å². The molecule has 1 aromatic carbocycles. The van der Waals surface area contributed by atoms with Crippen LogP contribution in [0.25, 0.3) is 0 Å². The Labute approximate surface area is 105 Å². The molecule has 0 fully saturated rings. The molecule has 3 nitrogen and oxygen atoms in total. The van der Waals surface area contributed by atoms with Gasteiger partial charge < -0.3 is 15.4 Å². The minimum atomic E-state index is 0.177. The number of hydrogen-bond donors (Lipinski definition) is 1. The van der Waals surface area contributed by atoms with E-state index in [1.165, 1.54) is 11.1 Å². The van der Waals surface area contributed by atoms with Crippen LogP contribution >= 0.6 is 0 Å². The Morgan fingerprint density at radius 2 is 1.94 bits per heavy atom. The van der Waals surface area contributed by atoms with Crippen LogP contribution in [0.4, 0.5) is 0 Å². The first-order valence-corrected chi connectivity index (χ1v) is 6.09. The standard InChI is InChI=1S/C14H24N2O/c1-11-5-6-14(9-12(11)2)17-8-7-13(15)10-16(3)4/h5-6,9,13H,7-8,10,15H2,1-4H3. The zero-order chi connectivity index (χ0) is 12.8. The predicted molar refractivity (Wildman–Crippen MR) is 72.6 cm³/mol. The average molecular weight is 236 g/mol. The second-order valence-electron chi connectivity index (χ2n) is 4.91. The Morgan fingerprint density at radius 1 is 1.24 bits per heavy atom. The van der Waals surface area contributed by atoms with Crippen molar-refractivity contribution < 1.29 is 4.74 Å². The number of hydrogen-bond acceptors (Lipinski definition) is 3. The molecule has 0 heterocycles. The maximum atomic E-state index is 5.97.